The summed E-state index contributed by atoms with van der Waals surface area (Å²) in [7, 11) is -3.85. The van der Waals surface area contributed by atoms with Crippen LogP contribution in [-0.4, -0.2) is 57.1 Å². The summed E-state index contributed by atoms with van der Waals surface area (Å²) in [5, 5.41) is 3.21. The van der Waals surface area contributed by atoms with Gasteiger partial charge in [0.2, 0.25) is 21.8 Å². The summed E-state index contributed by atoms with van der Waals surface area (Å²) in [4.78, 5) is 27.6. The number of benzene rings is 2. The van der Waals surface area contributed by atoms with Gasteiger partial charge in [0, 0.05) is 18.1 Å². The monoisotopic (exact) mass is 513 g/mol. The number of carbonyl (C=O) groups is 2. The van der Waals surface area contributed by atoms with Gasteiger partial charge in [-0.2, -0.15) is 0 Å². The lowest BCUT2D eigenvalue weighted by Crippen LogP contribution is -2.53. The van der Waals surface area contributed by atoms with Crippen molar-refractivity contribution < 1.29 is 18.0 Å². The fourth-order valence-corrected chi connectivity index (χ4v) is 4.89. The second-order valence-corrected chi connectivity index (χ2v) is 10.3. The Morgan fingerprint density at radius 2 is 1.73 bits per heavy atom. The van der Waals surface area contributed by atoms with E-state index >= 15 is 0 Å². The van der Waals surface area contributed by atoms with Gasteiger partial charge in [0.1, 0.15) is 12.6 Å². The van der Waals surface area contributed by atoms with Crippen LogP contribution in [-0.2, 0) is 26.0 Å². The third-order valence-electron chi connectivity index (χ3n) is 5.08. The van der Waals surface area contributed by atoms with Crippen molar-refractivity contribution in [2.24, 2.45) is 0 Å². The van der Waals surface area contributed by atoms with E-state index in [1.165, 1.54) is 23.1 Å². The van der Waals surface area contributed by atoms with Gasteiger partial charge >= 0.3 is 0 Å². The Balaban J connectivity index is 2.38. The van der Waals surface area contributed by atoms with E-state index in [4.69, 9.17) is 23.2 Å². The van der Waals surface area contributed by atoms with Gasteiger partial charge in [0.05, 0.1) is 17.0 Å². The molecule has 2 aromatic rings. The van der Waals surface area contributed by atoms with E-state index in [-0.39, 0.29) is 23.2 Å². The highest BCUT2D eigenvalue weighted by molar-refractivity contribution is 7.92. The normalized spacial score (nSPS) is 12.2. The number of likely N-dealkylation sites (N-methyl/N-ethyl adjacent to an activating group) is 1. The largest absolute Gasteiger partial charge is 0.355 e. The maximum Gasteiger partial charge on any atom is 0.244 e. The van der Waals surface area contributed by atoms with Gasteiger partial charge in [0.15, 0.2) is 0 Å². The molecule has 2 amide bonds. The van der Waals surface area contributed by atoms with Crippen molar-refractivity contribution in [1.82, 2.24) is 10.2 Å². The van der Waals surface area contributed by atoms with Crippen LogP contribution >= 0.6 is 23.2 Å². The standard InChI is InChI=1S/C23H29Cl2N3O4S/c1-4-20(23(30)26-5-2)27(14-13-17-9-7-6-8-10-17)22(29)16-28(33(3,31)32)21-12-11-18(24)15-19(21)25/h6-12,15,20H,4-5,13-14,16H2,1-3H3,(H,26,30). The molecule has 10 heteroatoms. The fourth-order valence-electron chi connectivity index (χ4n) is 3.47. The first kappa shape index (κ1) is 27.0. The summed E-state index contributed by atoms with van der Waals surface area (Å²) in [6.45, 7) is 3.79. The smallest absolute Gasteiger partial charge is 0.244 e. The minimum atomic E-state index is -3.85. The van der Waals surface area contributed by atoms with E-state index in [0.717, 1.165) is 16.1 Å². The SMILES string of the molecule is CCNC(=O)C(CC)N(CCc1ccccc1)C(=O)CN(c1ccc(Cl)cc1Cl)S(C)(=O)=O. The van der Waals surface area contributed by atoms with Gasteiger partial charge in [-0.3, -0.25) is 13.9 Å². The van der Waals surface area contributed by atoms with Crippen LogP contribution in [0, 0.1) is 0 Å². The molecule has 0 spiro atoms. The molecule has 0 radical (unpaired) electrons. The first-order valence-corrected chi connectivity index (χ1v) is 13.2. The van der Waals surface area contributed by atoms with Crippen LogP contribution in [0.5, 0.6) is 0 Å². The molecular formula is C23H29Cl2N3O4S. The lowest BCUT2D eigenvalue weighted by atomic mass is 10.1. The Morgan fingerprint density at radius 3 is 2.27 bits per heavy atom. The van der Waals surface area contributed by atoms with E-state index in [9.17, 15) is 18.0 Å². The molecular weight excluding hydrogens is 485 g/mol. The van der Waals surface area contributed by atoms with Crippen LogP contribution in [0.2, 0.25) is 10.0 Å². The topological polar surface area (TPSA) is 86.8 Å². The maximum atomic E-state index is 13.5. The summed E-state index contributed by atoms with van der Waals surface area (Å²) in [5.74, 6) is -0.780. The zero-order valence-electron chi connectivity index (χ0n) is 18.9. The van der Waals surface area contributed by atoms with E-state index in [1.54, 1.807) is 6.92 Å². The Labute approximate surface area is 205 Å². The minimum Gasteiger partial charge on any atom is -0.355 e. The van der Waals surface area contributed by atoms with Gasteiger partial charge in [-0.25, -0.2) is 8.42 Å². The number of nitrogens with one attached hydrogen (secondary N) is 1. The van der Waals surface area contributed by atoms with Crippen LogP contribution in [0.4, 0.5) is 5.69 Å². The molecule has 0 aromatic heterocycles. The average Bonchev–Trinajstić information content (AvgIpc) is 2.75. The van der Waals surface area contributed by atoms with Crippen LogP contribution < -0.4 is 9.62 Å². The third kappa shape index (κ3) is 7.62. The Morgan fingerprint density at radius 1 is 1.06 bits per heavy atom. The molecule has 2 aromatic carbocycles. The van der Waals surface area contributed by atoms with Gasteiger partial charge in [-0.1, -0.05) is 60.5 Å². The summed E-state index contributed by atoms with van der Waals surface area (Å²) >= 11 is 12.2. The molecule has 0 aliphatic heterocycles. The molecule has 180 valence electrons. The van der Waals surface area contributed by atoms with Crippen LogP contribution in [0.1, 0.15) is 25.8 Å². The number of anilines is 1. The number of hydrogen-bond acceptors (Lipinski definition) is 4. The summed E-state index contributed by atoms with van der Waals surface area (Å²) < 4.78 is 26.1. The first-order valence-electron chi connectivity index (χ1n) is 10.6. The lowest BCUT2D eigenvalue weighted by Gasteiger charge is -2.33. The Hall–Kier alpha value is -2.29. The van der Waals surface area contributed by atoms with E-state index in [0.29, 0.717) is 24.4 Å². The zero-order valence-corrected chi connectivity index (χ0v) is 21.3. The van der Waals surface area contributed by atoms with E-state index in [1.807, 2.05) is 37.3 Å². The van der Waals surface area contributed by atoms with Crippen molar-refractivity contribution in [1.29, 1.82) is 0 Å². The number of nitrogens with zero attached hydrogens (tertiary/aromatic N) is 2. The molecule has 0 fully saturated rings. The summed E-state index contributed by atoms with van der Waals surface area (Å²) in [6, 6.07) is 13.2. The van der Waals surface area contributed by atoms with Crippen molar-refractivity contribution >= 4 is 50.7 Å². The molecule has 0 aliphatic carbocycles. The molecule has 0 saturated carbocycles. The summed E-state index contributed by atoms with van der Waals surface area (Å²) in [5.41, 5.74) is 1.15. The fraction of sp³-hybridized carbons (Fsp3) is 0.391. The van der Waals surface area contributed by atoms with Crippen molar-refractivity contribution in [3.8, 4) is 0 Å². The molecule has 0 bridgehead atoms. The molecule has 1 N–H and O–H groups in total. The predicted molar refractivity (Wildman–Crippen MR) is 133 cm³/mol. The highest BCUT2D eigenvalue weighted by Gasteiger charge is 2.31. The second kappa shape index (κ2) is 12.3. The molecule has 1 unspecified atom stereocenters. The van der Waals surface area contributed by atoms with Gasteiger partial charge in [-0.15, -0.1) is 0 Å². The molecule has 33 heavy (non-hydrogen) atoms. The Kier molecular flexibility index (Phi) is 10.0. The number of halogens is 2. The number of sulfonamides is 1. The predicted octanol–water partition coefficient (Wildman–Crippen LogP) is 3.75. The average molecular weight is 514 g/mol. The molecule has 2 rings (SSSR count). The first-order chi connectivity index (χ1) is 15.6. The number of amides is 2. The number of rotatable bonds is 11. The van der Waals surface area contributed by atoms with Gasteiger partial charge in [-0.05, 0) is 43.5 Å². The third-order valence-corrected chi connectivity index (χ3v) is 6.74. The molecule has 0 aliphatic rings. The molecule has 1 atom stereocenters. The van der Waals surface area contributed by atoms with Gasteiger partial charge < -0.3 is 10.2 Å². The number of hydrogen-bond donors (Lipinski definition) is 1. The molecule has 7 nitrogen and oxygen atoms in total. The van der Waals surface area contributed by atoms with Crippen LogP contribution in [0.15, 0.2) is 48.5 Å². The maximum absolute atomic E-state index is 13.5. The highest BCUT2D eigenvalue weighted by atomic mass is 35.5. The Bertz CT molecular complexity index is 1060. The highest BCUT2D eigenvalue weighted by Crippen LogP contribution is 2.30. The van der Waals surface area contributed by atoms with Crippen molar-refractivity contribution in [3.05, 3.63) is 64.1 Å². The van der Waals surface area contributed by atoms with E-state index < -0.39 is 28.5 Å². The van der Waals surface area contributed by atoms with Crippen molar-refractivity contribution in [3.63, 3.8) is 0 Å². The number of carbonyl (C=O) groups excluding carboxylic acids is 2. The quantitative estimate of drug-likeness (QED) is 0.495. The molecule has 0 saturated heterocycles. The van der Waals surface area contributed by atoms with Crippen LogP contribution in [0.25, 0.3) is 0 Å². The lowest BCUT2D eigenvalue weighted by molar-refractivity contribution is -0.139. The van der Waals surface area contributed by atoms with Gasteiger partial charge in [0.25, 0.3) is 0 Å². The zero-order chi connectivity index (χ0) is 24.6. The minimum absolute atomic E-state index is 0.104. The molecule has 0 heterocycles. The van der Waals surface area contributed by atoms with Crippen molar-refractivity contribution in [2.75, 3.05) is 30.2 Å². The second-order valence-electron chi connectivity index (χ2n) is 7.51. The van der Waals surface area contributed by atoms with Crippen LogP contribution in [0.3, 0.4) is 0 Å². The van der Waals surface area contributed by atoms with E-state index in [2.05, 4.69) is 5.32 Å². The van der Waals surface area contributed by atoms with Crippen molar-refractivity contribution in [2.45, 2.75) is 32.7 Å². The summed E-state index contributed by atoms with van der Waals surface area (Å²) in [6.07, 6.45) is 1.90.